The lowest BCUT2D eigenvalue weighted by Gasteiger charge is -2.11. The van der Waals surface area contributed by atoms with Crippen molar-refractivity contribution in [3.8, 4) is 11.5 Å². The number of nitrogen functional groups attached to an aromatic ring is 1. The molecule has 1 aliphatic rings. The maximum atomic E-state index is 12.9. The minimum atomic E-state index is -0.154. The van der Waals surface area contributed by atoms with Crippen molar-refractivity contribution in [1.29, 1.82) is 0 Å². The molecule has 0 fully saturated rings. The third-order valence-corrected chi connectivity index (χ3v) is 3.92. The molecule has 2 aromatic rings. The third kappa shape index (κ3) is 2.49. The maximum absolute atomic E-state index is 12.9. The van der Waals surface area contributed by atoms with Gasteiger partial charge in [0.15, 0.2) is 0 Å². The first-order chi connectivity index (χ1) is 10.1. The number of benzene rings is 2. The zero-order valence-electron chi connectivity index (χ0n) is 11.5. The molecule has 4 nitrogen and oxygen atoms in total. The molecule has 2 aromatic carbocycles. The Morgan fingerprint density at radius 1 is 1.29 bits per heavy atom. The molecule has 0 spiro atoms. The van der Waals surface area contributed by atoms with Gasteiger partial charge in [0.05, 0.1) is 24.8 Å². The molecule has 0 aromatic heterocycles. The van der Waals surface area contributed by atoms with Gasteiger partial charge in [0.25, 0.3) is 0 Å². The zero-order valence-corrected chi connectivity index (χ0v) is 13.1. The van der Waals surface area contributed by atoms with E-state index >= 15 is 0 Å². The van der Waals surface area contributed by atoms with E-state index in [4.69, 9.17) is 15.2 Å². The van der Waals surface area contributed by atoms with Crippen LogP contribution < -0.4 is 15.2 Å². The van der Waals surface area contributed by atoms with Crippen molar-refractivity contribution in [2.24, 2.45) is 0 Å². The van der Waals surface area contributed by atoms with Gasteiger partial charge in [0.2, 0.25) is 5.78 Å². The monoisotopic (exact) mass is 347 g/mol. The molecule has 108 valence electrons. The number of carbonyl (C=O) groups is 1. The van der Waals surface area contributed by atoms with Gasteiger partial charge in [-0.15, -0.1) is 0 Å². The summed E-state index contributed by atoms with van der Waals surface area (Å²) < 4.78 is 11.7. The molecule has 3 rings (SSSR count). The summed E-state index contributed by atoms with van der Waals surface area (Å²) in [5.41, 5.74) is 8.32. The van der Waals surface area contributed by atoms with E-state index in [1.54, 1.807) is 24.3 Å². The molecule has 1 heterocycles. The summed E-state index contributed by atoms with van der Waals surface area (Å²) in [6, 6.07) is 8.79. The number of fused-ring (bicyclic) bond motifs is 1. The largest absolute Gasteiger partial charge is 0.496 e. The molecule has 0 bridgehead atoms. The number of ether oxygens (including phenoxy) is 2. The van der Waals surface area contributed by atoms with Crippen molar-refractivity contribution in [2.45, 2.75) is 6.42 Å². The normalized spacial score (nSPS) is 12.7. The Bertz CT molecular complexity index is 728. The lowest BCUT2D eigenvalue weighted by atomic mass is 9.98. The van der Waals surface area contributed by atoms with Crippen molar-refractivity contribution >= 4 is 27.4 Å². The predicted octanol–water partition coefficient (Wildman–Crippen LogP) is 3.21. The Balaban J connectivity index is 2.14. The van der Waals surface area contributed by atoms with Crippen LogP contribution in [0.5, 0.6) is 11.5 Å². The quantitative estimate of drug-likeness (QED) is 0.684. The van der Waals surface area contributed by atoms with E-state index in [-0.39, 0.29) is 5.78 Å². The molecule has 5 heteroatoms. The highest BCUT2D eigenvalue weighted by molar-refractivity contribution is 9.10. The Labute approximate surface area is 131 Å². The van der Waals surface area contributed by atoms with Crippen molar-refractivity contribution < 1.29 is 14.3 Å². The van der Waals surface area contributed by atoms with Gasteiger partial charge in [-0.1, -0.05) is 15.9 Å². The van der Waals surface area contributed by atoms with Crippen LogP contribution in [-0.4, -0.2) is 19.5 Å². The lowest BCUT2D eigenvalue weighted by Crippen LogP contribution is -2.07. The highest BCUT2D eigenvalue weighted by Crippen LogP contribution is 2.36. The minimum absolute atomic E-state index is 0.154. The van der Waals surface area contributed by atoms with Gasteiger partial charge in [0, 0.05) is 16.6 Å². The van der Waals surface area contributed by atoms with Gasteiger partial charge < -0.3 is 15.2 Å². The number of rotatable bonds is 3. The van der Waals surface area contributed by atoms with E-state index in [9.17, 15) is 4.79 Å². The zero-order chi connectivity index (χ0) is 15.0. The Morgan fingerprint density at radius 2 is 2.10 bits per heavy atom. The van der Waals surface area contributed by atoms with E-state index < -0.39 is 0 Å². The second-order valence-electron chi connectivity index (χ2n) is 4.83. The molecule has 0 unspecified atom stereocenters. The molecule has 0 saturated heterocycles. The summed E-state index contributed by atoms with van der Waals surface area (Å²) in [7, 11) is 1.53. The van der Waals surface area contributed by atoms with Crippen molar-refractivity contribution in [1.82, 2.24) is 0 Å². The van der Waals surface area contributed by atoms with Crippen LogP contribution in [0.15, 0.2) is 34.8 Å². The first-order valence-electron chi connectivity index (χ1n) is 6.53. The van der Waals surface area contributed by atoms with E-state index in [1.165, 1.54) is 7.11 Å². The van der Waals surface area contributed by atoms with Gasteiger partial charge in [-0.2, -0.15) is 0 Å². The molecule has 21 heavy (non-hydrogen) atoms. The molecular weight excluding hydrogens is 334 g/mol. The fraction of sp³-hybridized carbons (Fsp3) is 0.188. The fourth-order valence-electron chi connectivity index (χ4n) is 2.49. The molecule has 0 amide bonds. The number of halogens is 1. The highest BCUT2D eigenvalue weighted by Gasteiger charge is 2.24. The molecule has 0 aliphatic carbocycles. The van der Waals surface area contributed by atoms with E-state index in [0.717, 1.165) is 16.5 Å². The number of nitrogens with two attached hydrogens (primary N) is 1. The molecular formula is C16H14BrNO3. The SMILES string of the molecule is COc1ccc(N)cc1C(=O)c1cc(Br)cc2c1OCC2. The molecule has 1 aliphatic heterocycles. The molecule has 0 atom stereocenters. The average Bonchev–Trinajstić information content (AvgIpc) is 2.93. The summed E-state index contributed by atoms with van der Waals surface area (Å²) in [5, 5.41) is 0. The van der Waals surface area contributed by atoms with Crippen LogP contribution in [0, 0.1) is 0 Å². The molecule has 0 saturated carbocycles. The van der Waals surface area contributed by atoms with Gasteiger partial charge in [-0.3, -0.25) is 4.79 Å². The van der Waals surface area contributed by atoms with E-state index in [0.29, 0.717) is 34.9 Å². The average molecular weight is 348 g/mol. The number of hydrogen-bond donors (Lipinski definition) is 1. The number of carbonyl (C=O) groups excluding carboxylic acids is 1. The van der Waals surface area contributed by atoms with Gasteiger partial charge in [0.1, 0.15) is 11.5 Å². The van der Waals surface area contributed by atoms with Gasteiger partial charge in [-0.05, 0) is 35.9 Å². The Morgan fingerprint density at radius 3 is 2.86 bits per heavy atom. The van der Waals surface area contributed by atoms with Crippen LogP contribution in [0.4, 0.5) is 5.69 Å². The van der Waals surface area contributed by atoms with Crippen LogP contribution in [0.3, 0.4) is 0 Å². The number of methoxy groups -OCH3 is 1. The smallest absolute Gasteiger partial charge is 0.200 e. The van der Waals surface area contributed by atoms with Crippen LogP contribution >= 0.6 is 15.9 Å². The third-order valence-electron chi connectivity index (χ3n) is 3.46. The summed E-state index contributed by atoms with van der Waals surface area (Å²) in [6.07, 6.45) is 0.809. The number of anilines is 1. The van der Waals surface area contributed by atoms with Crippen LogP contribution in [0.25, 0.3) is 0 Å². The van der Waals surface area contributed by atoms with Crippen molar-refractivity contribution in [2.75, 3.05) is 19.5 Å². The Kier molecular flexibility index (Phi) is 3.59. The van der Waals surface area contributed by atoms with E-state index in [2.05, 4.69) is 15.9 Å². The Hall–Kier alpha value is -2.01. The fourth-order valence-corrected chi connectivity index (χ4v) is 2.99. The van der Waals surface area contributed by atoms with Crippen LogP contribution in [0.1, 0.15) is 21.5 Å². The summed E-state index contributed by atoms with van der Waals surface area (Å²) in [6.45, 7) is 0.597. The maximum Gasteiger partial charge on any atom is 0.200 e. The first-order valence-corrected chi connectivity index (χ1v) is 7.33. The summed E-state index contributed by atoms with van der Waals surface area (Å²) >= 11 is 3.44. The van der Waals surface area contributed by atoms with Crippen LogP contribution in [0.2, 0.25) is 0 Å². The lowest BCUT2D eigenvalue weighted by molar-refractivity contribution is 0.103. The molecule has 2 N–H and O–H groups in total. The number of hydrogen-bond acceptors (Lipinski definition) is 4. The summed E-state index contributed by atoms with van der Waals surface area (Å²) in [5.74, 6) is 1.01. The van der Waals surface area contributed by atoms with Crippen molar-refractivity contribution in [3.05, 3.63) is 51.5 Å². The van der Waals surface area contributed by atoms with E-state index in [1.807, 2.05) is 6.07 Å². The summed E-state index contributed by atoms with van der Waals surface area (Å²) in [4.78, 5) is 12.9. The second kappa shape index (κ2) is 5.41. The predicted molar refractivity (Wildman–Crippen MR) is 84.2 cm³/mol. The topological polar surface area (TPSA) is 61.5 Å². The number of ketones is 1. The van der Waals surface area contributed by atoms with Crippen LogP contribution in [-0.2, 0) is 6.42 Å². The standard InChI is InChI=1S/C16H14BrNO3/c1-20-14-3-2-11(18)8-12(14)15(19)13-7-10(17)6-9-4-5-21-16(9)13/h2-3,6-8H,4-5,18H2,1H3. The second-order valence-corrected chi connectivity index (χ2v) is 5.74. The highest BCUT2D eigenvalue weighted by atomic mass is 79.9. The van der Waals surface area contributed by atoms with Gasteiger partial charge in [-0.25, -0.2) is 0 Å². The first kappa shape index (κ1) is 13.9. The van der Waals surface area contributed by atoms with Crippen molar-refractivity contribution in [3.63, 3.8) is 0 Å². The van der Waals surface area contributed by atoms with Gasteiger partial charge >= 0.3 is 0 Å². The molecule has 0 radical (unpaired) electrons. The minimum Gasteiger partial charge on any atom is -0.496 e.